The first-order valence-electron chi connectivity index (χ1n) is 6.78. The molecule has 0 rings (SSSR count). The van der Waals surface area contributed by atoms with Gasteiger partial charge in [-0.1, -0.05) is 41.5 Å². The van der Waals surface area contributed by atoms with E-state index in [4.69, 9.17) is 4.74 Å². The summed E-state index contributed by atoms with van der Waals surface area (Å²) in [4.78, 5) is 13.5. The van der Waals surface area contributed by atoms with Gasteiger partial charge >= 0.3 is 6.09 Å². The zero-order chi connectivity index (χ0) is 14.0. The minimum Gasteiger partial charge on any atom is -0.447 e. The zero-order valence-electron chi connectivity index (χ0n) is 12.9. The SMILES string of the molecule is CC.CC(C)CN(CC(C)C)C(=O)OC(C)C. The quantitative estimate of drug-likeness (QED) is 0.727. The fourth-order valence-corrected chi connectivity index (χ4v) is 1.38. The van der Waals surface area contributed by atoms with Crippen molar-refractivity contribution < 1.29 is 9.53 Å². The van der Waals surface area contributed by atoms with E-state index in [1.165, 1.54) is 0 Å². The van der Waals surface area contributed by atoms with E-state index >= 15 is 0 Å². The lowest BCUT2D eigenvalue weighted by molar-refractivity contribution is 0.0696. The Labute approximate surface area is 108 Å². The van der Waals surface area contributed by atoms with Gasteiger partial charge in [0, 0.05) is 13.1 Å². The molecule has 0 aromatic carbocycles. The van der Waals surface area contributed by atoms with Gasteiger partial charge in [-0.05, 0) is 25.7 Å². The number of nitrogens with zero attached hydrogens (tertiary/aromatic N) is 1. The summed E-state index contributed by atoms with van der Waals surface area (Å²) in [7, 11) is 0. The van der Waals surface area contributed by atoms with Crippen LogP contribution in [0.2, 0.25) is 0 Å². The van der Waals surface area contributed by atoms with Crippen molar-refractivity contribution >= 4 is 6.09 Å². The molecule has 3 heteroatoms. The third-order valence-corrected chi connectivity index (χ3v) is 1.77. The average molecular weight is 245 g/mol. The van der Waals surface area contributed by atoms with Crippen LogP contribution in [0.15, 0.2) is 0 Å². The molecule has 0 radical (unpaired) electrons. The molecule has 0 unspecified atom stereocenters. The number of carbonyl (C=O) groups excluding carboxylic acids is 1. The summed E-state index contributed by atoms with van der Waals surface area (Å²) in [5.74, 6) is 0.951. The Morgan fingerprint density at radius 3 is 1.53 bits per heavy atom. The molecule has 0 aromatic rings. The number of carbonyl (C=O) groups is 1. The van der Waals surface area contributed by atoms with E-state index < -0.39 is 0 Å². The Balaban J connectivity index is 0. The molecule has 0 spiro atoms. The van der Waals surface area contributed by atoms with Crippen molar-refractivity contribution in [1.82, 2.24) is 4.90 Å². The summed E-state index contributed by atoms with van der Waals surface area (Å²) < 4.78 is 5.20. The molecule has 0 saturated carbocycles. The van der Waals surface area contributed by atoms with Gasteiger partial charge < -0.3 is 9.64 Å². The normalized spacial score (nSPS) is 10.3. The Morgan fingerprint density at radius 1 is 0.941 bits per heavy atom. The molecule has 104 valence electrons. The lowest BCUT2D eigenvalue weighted by atomic mass is 10.1. The Morgan fingerprint density at radius 2 is 1.29 bits per heavy atom. The van der Waals surface area contributed by atoms with Crippen LogP contribution in [0.4, 0.5) is 4.79 Å². The molecule has 3 nitrogen and oxygen atoms in total. The van der Waals surface area contributed by atoms with Crippen LogP contribution >= 0.6 is 0 Å². The zero-order valence-corrected chi connectivity index (χ0v) is 12.9. The lowest BCUT2D eigenvalue weighted by Crippen LogP contribution is -2.38. The number of hydrogen-bond acceptors (Lipinski definition) is 2. The molecule has 0 saturated heterocycles. The summed E-state index contributed by atoms with van der Waals surface area (Å²) in [5.41, 5.74) is 0. The van der Waals surface area contributed by atoms with Crippen molar-refractivity contribution in [2.45, 2.75) is 61.5 Å². The standard InChI is InChI=1S/C12H25NO2.C2H6/c1-9(2)7-13(8-10(3)4)12(14)15-11(5)6;1-2/h9-11H,7-8H2,1-6H3;1-2H3. The van der Waals surface area contributed by atoms with Gasteiger partial charge in [0.25, 0.3) is 0 Å². The van der Waals surface area contributed by atoms with Crippen LogP contribution in [-0.2, 0) is 4.74 Å². The second kappa shape index (κ2) is 10.4. The molecule has 0 bridgehead atoms. The molecule has 17 heavy (non-hydrogen) atoms. The maximum atomic E-state index is 11.7. The summed E-state index contributed by atoms with van der Waals surface area (Å²) in [6.07, 6.45) is -0.230. The van der Waals surface area contributed by atoms with Crippen molar-refractivity contribution in [2.24, 2.45) is 11.8 Å². The van der Waals surface area contributed by atoms with Crippen molar-refractivity contribution in [3.05, 3.63) is 0 Å². The van der Waals surface area contributed by atoms with Crippen LogP contribution < -0.4 is 0 Å². The fourth-order valence-electron chi connectivity index (χ4n) is 1.38. The van der Waals surface area contributed by atoms with E-state index in [0.29, 0.717) is 11.8 Å². The molecule has 0 N–H and O–H groups in total. The average Bonchev–Trinajstić information content (AvgIpc) is 2.17. The molecule has 0 atom stereocenters. The van der Waals surface area contributed by atoms with E-state index in [0.717, 1.165) is 13.1 Å². The molecule has 0 aromatic heterocycles. The van der Waals surface area contributed by atoms with Gasteiger partial charge in [-0.25, -0.2) is 4.79 Å². The predicted molar refractivity (Wildman–Crippen MR) is 74.2 cm³/mol. The first-order valence-corrected chi connectivity index (χ1v) is 6.78. The van der Waals surface area contributed by atoms with Gasteiger partial charge in [0.1, 0.15) is 0 Å². The van der Waals surface area contributed by atoms with E-state index in [-0.39, 0.29) is 12.2 Å². The summed E-state index contributed by atoms with van der Waals surface area (Å²) in [6, 6.07) is 0. The molecule has 0 aliphatic rings. The van der Waals surface area contributed by atoms with Crippen molar-refractivity contribution in [3.8, 4) is 0 Å². The molecule has 0 fully saturated rings. The third kappa shape index (κ3) is 11.5. The number of amides is 1. The van der Waals surface area contributed by atoms with Crippen LogP contribution in [0.1, 0.15) is 55.4 Å². The largest absolute Gasteiger partial charge is 0.447 e. The van der Waals surface area contributed by atoms with Crippen LogP contribution in [0.25, 0.3) is 0 Å². The summed E-state index contributed by atoms with van der Waals surface area (Å²) in [5, 5.41) is 0. The lowest BCUT2D eigenvalue weighted by Gasteiger charge is -2.26. The fraction of sp³-hybridized carbons (Fsp3) is 0.929. The second-order valence-electron chi connectivity index (χ2n) is 5.13. The highest BCUT2D eigenvalue weighted by atomic mass is 16.6. The van der Waals surface area contributed by atoms with Gasteiger partial charge in [0.2, 0.25) is 0 Å². The van der Waals surface area contributed by atoms with Crippen LogP contribution in [0.3, 0.4) is 0 Å². The topological polar surface area (TPSA) is 29.5 Å². The smallest absolute Gasteiger partial charge is 0.410 e. The highest BCUT2D eigenvalue weighted by Gasteiger charge is 2.18. The van der Waals surface area contributed by atoms with Crippen molar-refractivity contribution in [3.63, 3.8) is 0 Å². The molecule has 1 amide bonds. The van der Waals surface area contributed by atoms with Crippen molar-refractivity contribution in [2.75, 3.05) is 13.1 Å². The molecular formula is C14H31NO2. The van der Waals surface area contributed by atoms with Gasteiger partial charge in [-0.2, -0.15) is 0 Å². The Bertz CT molecular complexity index is 179. The molecule has 0 aliphatic heterocycles. The van der Waals surface area contributed by atoms with E-state index in [9.17, 15) is 4.79 Å². The highest BCUT2D eigenvalue weighted by molar-refractivity contribution is 5.67. The highest BCUT2D eigenvalue weighted by Crippen LogP contribution is 2.07. The summed E-state index contributed by atoms with van der Waals surface area (Å²) in [6.45, 7) is 17.7. The second-order valence-corrected chi connectivity index (χ2v) is 5.13. The van der Waals surface area contributed by atoms with Gasteiger partial charge in [-0.15, -0.1) is 0 Å². The van der Waals surface area contributed by atoms with Crippen LogP contribution in [0, 0.1) is 11.8 Å². The van der Waals surface area contributed by atoms with E-state index in [2.05, 4.69) is 27.7 Å². The monoisotopic (exact) mass is 245 g/mol. The first-order chi connectivity index (χ1) is 7.82. The van der Waals surface area contributed by atoms with Gasteiger partial charge in [-0.3, -0.25) is 0 Å². The van der Waals surface area contributed by atoms with Crippen LogP contribution in [-0.4, -0.2) is 30.2 Å². The van der Waals surface area contributed by atoms with Crippen molar-refractivity contribution in [1.29, 1.82) is 0 Å². The van der Waals surface area contributed by atoms with E-state index in [1.807, 2.05) is 27.7 Å². The third-order valence-electron chi connectivity index (χ3n) is 1.77. The number of ether oxygens (including phenoxy) is 1. The predicted octanol–water partition coefficient (Wildman–Crippen LogP) is 4.17. The number of hydrogen-bond donors (Lipinski definition) is 0. The van der Waals surface area contributed by atoms with Crippen LogP contribution in [0.5, 0.6) is 0 Å². The van der Waals surface area contributed by atoms with E-state index in [1.54, 1.807) is 4.90 Å². The van der Waals surface area contributed by atoms with Gasteiger partial charge in [0.05, 0.1) is 6.10 Å². The van der Waals surface area contributed by atoms with Gasteiger partial charge in [0.15, 0.2) is 0 Å². The first kappa shape index (κ1) is 18.6. The minimum absolute atomic E-state index is 0.0423. The molecular weight excluding hydrogens is 214 g/mol. The Hall–Kier alpha value is -0.730. The maximum absolute atomic E-state index is 11.7. The maximum Gasteiger partial charge on any atom is 0.410 e. The molecule has 0 heterocycles. The molecule has 0 aliphatic carbocycles. The number of rotatable bonds is 5. The summed E-state index contributed by atoms with van der Waals surface area (Å²) >= 11 is 0. The Kier molecular flexibility index (Phi) is 11.4. The minimum atomic E-state index is -0.188.